The van der Waals surface area contributed by atoms with Crippen LogP contribution in [0.1, 0.15) is 29.6 Å². The number of carboxylic acid groups (broad SMARTS) is 1. The van der Waals surface area contributed by atoms with Gasteiger partial charge < -0.3 is 15.3 Å². The number of nitrogens with zero attached hydrogens (tertiary/aromatic N) is 6. The van der Waals surface area contributed by atoms with E-state index in [1.807, 2.05) is 6.07 Å². The molecule has 3 aromatic rings. The molecular weight excluding hydrogens is 405 g/mol. The van der Waals surface area contributed by atoms with Crippen LogP contribution in [-0.2, 0) is 4.79 Å². The molecule has 31 heavy (non-hydrogen) atoms. The van der Waals surface area contributed by atoms with Crippen LogP contribution in [0.4, 0.5) is 10.2 Å². The fraction of sp³-hybridized carbons (Fsp3) is 0.300. The second-order valence-corrected chi connectivity index (χ2v) is 7.14. The minimum Gasteiger partial charge on any atom is -0.477 e. The number of hydrogen-bond donors (Lipinski definition) is 2. The maximum absolute atomic E-state index is 13.7. The van der Waals surface area contributed by atoms with Crippen LogP contribution < -0.4 is 5.32 Å². The minimum absolute atomic E-state index is 0.100. The number of hydrogen-bond acceptors (Lipinski definition) is 7. The molecule has 3 aromatic heterocycles. The normalized spacial score (nSPS) is 16.1. The number of fused-ring (bicyclic) bond motifs is 1. The number of piperidine rings is 1. The fourth-order valence-electron chi connectivity index (χ4n) is 3.59. The van der Waals surface area contributed by atoms with Gasteiger partial charge in [0.2, 0.25) is 5.91 Å². The van der Waals surface area contributed by atoms with Crippen LogP contribution in [0.3, 0.4) is 0 Å². The van der Waals surface area contributed by atoms with E-state index in [9.17, 15) is 19.1 Å². The standard InChI is InChI=1S/C20H18FN7O3/c21-12-3-4-16-23-9-15(28(16)10-12)19-24-8-14(20(30)31)18(26-19)25-13-2-1-7-27(11-13)17(29)5-6-22/h3-4,8-10,13H,1-2,5,7,11H2,(H,30,31)(H,24,25,26). The molecule has 1 unspecified atom stereocenters. The zero-order valence-electron chi connectivity index (χ0n) is 16.3. The Morgan fingerprint density at radius 2 is 2.16 bits per heavy atom. The van der Waals surface area contributed by atoms with Gasteiger partial charge in [0.05, 0.1) is 12.3 Å². The van der Waals surface area contributed by atoms with Gasteiger partial charge in [-0.2, -0.15) is 5.26 Å². The van der Waals surface area contributed by atoms with Crippen molar-refractivity contribution in [3.8, 4) is 17.6 Å². The van der Waals surface area contributed by atoms with E-state index < -0.39 is 11.8 Å². The summed E-state index contributed by atoms with van der Waals surface area (Å²) in [5, 5.41) is 21.4. The number of amides is 1. The van der Waals surface area contributed by atoms with Crippen molar-refractivity contribution >= 4 is 23.3 Å². The first-order valence-electron chi connectivity index (χ1n) is 9.61. The number of anilines is 1. The predicted molar refractivity (Wildman–Crippen MR) is 107 cm³/mol. The fourth-order valence-corrected chi connectivity index (χ4v) is 3.59. The summed E-state index contributed by atoms with van der Waals surface area (Å²) < 4.78 is 15.2. The average molecular weight is 423 g/mol. The predicted octanol–water partition coefficient (Wildman–Crippen LogP) is 1.95. The molecule has 1 fully saturated rings. The van der Waals surface area contributed by atoms with Crippen LogP contribution in [-0.4, -0.2) is 60.4 Å². The van der Waals surface area contributed by atoms with Gasteiger partial charge in [0.15, 0.2) is 5.82 Å². The van der Waals surface area contributed by atoms with E-state index in [4.69, 9.17) is 5.26 Å². The van der Waals surface area contributed by atoms with Gasteiger partial charge in [-0.15, -0.1) is 0 Å². The molecule has 0 spiro atoms. The molecule has 1 aliphatic rings. The summed E-state index contributed by atoms with van der Waals surface area (Å²) >= 11 is 0. The molecule has 0 saturated carbocycles. The smallest absolute Gasteiger partial charge is 0.341 e. The van der Waals surface area contributed by atoms with Crippen molar-refractivity contribution in [3.63, 3.8) is 0 Å². The summed E-state index contributed by atoms with van der Waals surface area (Å²) in [7, 11) is 0. The molecule has 1 saturated heterocycles. The van der Waals surface area contributed by atoms with Gasteiger partial charge in [0, 0.05) is 31.5 Å². The number of likely N-dealkylation sites (tertiary alicyclic amines) is 1. The summed E-state index contributed by atoms with van der Waals surface area (Å²) in [6, 6.07) is 4.41. The second kappa shape index (κ2) is 8.35. The van der Waals surface area contributed by atoms with Crippen molar-refractivity contribution in [1.29, 1.82) is 5.26 Å². The van der Waals surface area contributed by atoms with E-state index in [0.717, 1.165) is 0 Å². The first-order chi connectivity index (χ1) is 15.0. The van der Waals surface area contributed by atoms with Gasteiger partial charge in [0.25, 0.3) is 0 Å². The maximum Gasteiger partial charge on any atom is 0.341 e. The Hall–Kier alpha value is -4.07. The van der Waals surface area contributed by atoms with Crippen LogP contribution >= 0.6 is 0 Å². The molecule has 0 aromatic carbocycles. The number of aromatic nitrogens is 4. The molecule has 11 heteroatoms. The van der Waals surface area contributed by atoms with Crippen molar-refractivity contribution in [2.24, 2.45) is 0 Å². The third kappa shape index (κ3) is 4.13. The molecular formula is C20H18FN7O3. The monoisotopic (exact) mass is 423 g/mol. The average Bonchev–Trinajstić information content (AvgIpc) is 3.17. The summed E-state index contributed by atoms with van der Waals surface area (Å²) in [6.07, 6.45) is 5.14. The first kappa shape index (κ1) is 20.2. The number of halogens is 1. The Bertz CT molecular complexity index is 1200. The molecule has 1 atom stereocenters. The maximum atomic E-state index is 13.7. The number of carboxylic acids is 1. The highest BCUT2D eigenvalue weighted by Crippen LogP contribution is 2.23. The number of carbonyl (C=O) groups excluding carboxylic acids is 1. The van der Waals surface area contributed by atoms with Gasteiger partial charge >= 0.3 is 5.97 Å². The molecule has 10 nitrogen and oxygen atoms in total. The number of rotatable bonds is 5. The van der Waals surface area contributed by atoms with E-state index >= 15 is 0 Å². The third-order valence-electron chi connectivity index (χ3n) is 5.06. The van der Waals surface area contributed by atoms with Gasteiger partial charge in [0.1, 0.15) is 35.0 Å². The second-order valence-electron chi connectivity index (χ2n) is 7.14. The lowest BCUT2D eigenvalue weighted by Crippen LogP contribution is -2.45. The van der Waals surface area contributed by atoms with E-state index in [1.54, 1.807) is 4.90 Å². The number of nitriles is 1. The van der Waals surface area contributed by atoms with Crippen LogP contribution in [0.15, 0.2) is 30.7 Å². The Labute approximate surface area is 176 Å². The Kier molecular flexibility index (Phi) is 5.44. The van der Waals surface area contributed by atoms with Crippen molar-refractivity contribution in [3.05, 3.63) is 42.1 Å². The zero-order chi connectivity index (χ0) is 22.0. The number of imidazole rings is 1. The SMILES string of the molecule is N#CCC(=O)N1CCCC(Nc2nc(-c3cnc4ccc(F)cn34)ncc2C(=O)O)C1. The van der Waals surface area contributed by atoms with Crippen LogP contribution in [0.5, 0.6) is 0 Å². The summed E-state index contributed by atoms with van der Waals surface area (Å²) in [5.74, 6) is -1.64. The third-order valence-corrected chi connectivity index (χ3v) is 5.06. The summed E-state index contributed by atoms with van der Waals surface area (Å²) in [5.41, 5.74) is 0.781. The van der Waals surface area contributed by atoms with E-state index in [2.05, 4.69) is 20.3 Å². The van der Waals surface area contributed by atoms with Crippen LogP contribution in [0.2, 0.25) is 0 Å². The van der Waals surface area contributed by atoms with Crippen molar-refractivity contribution in [2.45, 2.75) is 25.3 Å². The largest absolute Gasteiger partial charge is 0.477 e. The van der Waals surface area contributed by atoms with E-state index in [0.29, 0.717) is 37.3 Å². The first-order valence-corrected chi connectivity index (χ1v) is 9.61. The van der Waals surface area contributed by atoms with Gasteiger partial charge in [-0.05, 0) is 25.0 Å². The number of pyridine rings is 1. The van der Waals surface area contributed by atoms with Crippen LogP contribution in [0.25, 0.3) is 17.2 Å². The lowest BCUT2D eigenvalue weighted by molar-refractivity contribution is -0.131. The van der Waals surface area contributed by atoms with Gasteiger partial charge in [-0.3, -0.25) is 9.20 Å². The highest BCUT2D eigenvalue weighted by Gasteiger charge is 2.26. The van der Waals surface area contributed by atoms with Crippen molar-refractivity contribution < 1.29 is 19.1 Å². The molecule has 2 N–H and O–H groups in total. The molecule has 4 heterocycles. The molecule has 4 rings (SSSR count). The van der Waals surface area contributed by atoms with Crippen molar-refractivity contribution in [2.75, 3.05) is 18.4 Å². The number of nitrogens with one attached hydrogen (secondary N) is 1. The number of carbonyl (C=O) groups is 2. The summed E-state index contributed by atoms with van der Waals surface area (Å²) in [6.45, 7) is 0.882. The lowest BCUT2D eigenvalue weighted by atomic mass is 10.0. The van der Waals surface area contributed by atoms with Crippen molar-refractivity contribution in [1.82, 2.24) is 24.3 Å². The molecule has 1 amide bonds. The topological polar surface area (TPSA) is 137 Å². The molecule has 1 aliphatic heterocycles. The Balaban J connectivity index is 1.65. The quantitative estimate of drug-likeness (QED) is 0.635. The zero-order valence-corrected chi connectivity index (χ0v) is 16.3. The Morgan fingerprint density at radius 1 is 1.32 bits per heavy atom. The minimum atomic E-state index is -1.20. The highest BCUT2D eigenvalue weighted by atomic mass is 19.1. The lowest BCUT2D eigenvalue weighted by Gasteiger charge is -2.33. The molecule has 0 aliphatic carbocycles. The van der Waals surface area contributed by atoms with E-state index in [1.165, 1.54) is 35.1 Å². The number of aromatic carboxylic acids is 1. The highest BCUT2D eigenvalue weighted by molar-refractivity contribution is 5.93. The molecule has 0 bridgehead atoms. The summed E-state index contributed by atoms with van der Waals surface area (Å²) in [4.78, 5) is 38.0. The molecule has 0 radical (unpaired) electrons. The Morgan fingerprint density at radius 3 is 2.94 bits per heavy atom. The van der Waals surface area contributed by atoms with E-state index in [-0.39, 0.29) is 35.6 Å². The van der Waals surface area contributed by atoms with Crippen LogP contribution in [0, 0.1) is 17.1 Å². The van der Waals surface area contributed by atoms with Gasteiger partial charge in [-0.25, -0.2) is 24.1 Å². The molecule has 158 valence electrons. The van der Waals surface area contributed by atoms with Gasteiger partial charge in [-0.1, -0.05) is 0 Å².